The molecule has 0 atom stereocenters. The van der Waals surface area contributed by atoms with E-state index in [-0.39, 0.29) is 6.61 Å². The monoisotopic (exact) mass is 231 g/mol. The summed E-state index contributed by atoms with van der Waals surface area (Å²) in [5.74, 6) is 3.02. The molecule has 0 saturated carbocycles. The minimum atomic E-state index is -0.473. The summed E-state index contributed by atoms with van der Waals surface area (Å²) in [6, 6.07) is 7.31. The average Bonchev–Trinajstić information content (AvgIpc) is 2.26. The Labute approximate surface area is 102 Å². The summed E-state index contributed by atoms with van der Waals surface area (Å²) in [5, 5.41) is 11.8. The summed E-state index contributed by atoms with van der Waals surface area (Å²) in [5.41, 5.74) is 0.256. The molecule has 90 valence electrons. The van der Waals surface area contributed by atoms with Crippen molar-refractivity contribution < 1.29 is 9.48 Å². The van der Waals surface area contributed by atoms with Crippen molar-refractivity contribution in [1.82, 2.24) is 0 Å². The Balaban J connectivity index is 3.02. The minimum Gasteiger partial charge on any atom is -0.623 e. The van der Waals surface area contributed by atoms with Gasteiger partial charge in [0.1, 0.15) is 12.4 Å². The van der Waals surface area contributed by atoms with Gasteiger partial charge in [-0.05, 0) is 12.1 Å². The van der Waals surface area contributed by atoms with E-state index in [4.69, 9.17) is 11.2 Å². The highest BCUT2D eigenvalue weighted by atomic mass is 16.5. The summed E-state index contributed by atoms with van der Waals surface area (Å²) in [6.45, 7) is 5.74. The second-order valence-corrected chi connectivity index (χ2v) is 4.66. The molecule has 17 heavy (non-hydrogen) atoms. The highest BCUT2D eigenvalue weighted by Crippen LogP contribution is 2.16. The fraction of sp³-hybridized carbons (Fsp3) is 0.357. The van der Waals surface area contributed by atoms with Crippen LogP contribution in [0.4, 0.5) is 0 Å². The molecule has 1 aromatic rings. The number of hydrogen-bond donors (Lipinski definition) is 0. The van der Waals surface area contributed by atoms with Crippen LogP contribution in [-0.2, 0) is 0 Å². The summed E-state index contributed by atoms with van der Waals surface area (Å²) in [7, 11) is 0. The minimum absolute atomic E-state index is 0.194. The topological polar surface area (TPSA) is 35.3 Å². The Morgan fingerprint density at radius 2 is 2.06 bits per heavy atom. The lowest BCUT2D eigenvalue weighted by Crippen LogP contribution is -2.29. The van der Waals surface area contributed by atoms with Gasteiger partial charge in [-0.1, -0.05) is 18.1 Å². The molecule has 0 aliphatic rings. The smallest absolute Gasteiger partial charge is 0.186 e. The Morgan fingerprint density at radius 3 is 2.65 bits per heavy atom. The first kappa shape index (κ1) is 13.1. The molecule has 3 heteroatoms. The van der Waals surface area contributed by atoms with Crippen LogP contribution in [0, 0.1) is 17.6 Å². The van der Waals surface area contributed by atoms with Crippen LogP contribution in [0.15, 0.2) is 24.3 Å². The van der Waals surface area contributed by atoms with Gasteiger partial charge in [-0.15, -0.1) is 6.42 Å². The van der Waals surface area contributed by atoms with E-state index in [0.717, 1.165) is 10.3 Å². The molecule has 0 aliphatic heterocycles. The molecule has 0 aliphatic carbocycles. The molecule has 1 aromatic carbocycles. The van der Waals surface area contributed by atoms with Crippen LogP contribution in [0.3, 0.4) is 0 Å². The normalized spacial score (nSPS) is 12.0. The Bertz CT molecular complexity index is 450. The van der Waals surface area contributed by atoms with Crippen molar-refractivity contribution >= 4 is 6.21 Å². The number of benzene rings is 1. The van der Waals surface area contributed by atoms with Crippen LogP contribution in [0.1, 0.15) is 26.3 Å². The number of terminal acetylenes is 1. The zero-order valence-electron chi connectivity index (χ0n) is 10.4. The van der Waals surface area contributed by atoms with E-state index >= 15 is 0 Å². The first-order valence-corrected chi connectivity index (χ1v) is 5.42. The number of ether oxygens (including phenoxy) is 1. The van der Waals surface area contributed by atoms with E-state index in [1.807, 2.05) is 39.0 Å². The second-order valence-electron chi connectivity index (χ2n) is 4.66. The van der Waals surface area contributed by atoms with Crippen LogP contribution in [0.2, 0.25) is 0 Å². The number of para-hydroxylation sites is 1. The lowest BCUT2D eigenvalue weighted by Gasteiger charge is -2.19. The first-order chi connectivity index (χ1) is 7.95. The van der Waals surface area contributed by atoms with E-state index in [9.17, 15) is 5.21 Å². The fourth-order valence-electron chi connectivity index (χ4n) is 1.16. The van der Waals surface area contributed by atoms with Gasteiger partial charge in [0, 0.05) is 20.8 Å². The van der Waals surface area contributed by atoms with Gasteiger partial charge in [-0.3, -0.25) is 0 Å². The van der Waals surface area contributed by atoms with Gasteiger partial charge in [0.15, 0.2) is 11.8 Å². The van der Waals surface area contributed by atoms with Crippen molar-refractivity contribution in [3.8, 4) is 18.1 Å². The van der Waals surface area contributed by atoms with E-state index in [1.165, 1.54) is 6.21 Å². The number of nitrogens with zero attached hydrogens (tertiary/aromatic N) is 1. The van der Waals surface area contributed by atoms with Crippen molar-refractivity contribution in [3.05, 3.63) is 35.0 Å². The molecule has 1 rings (SSSR count). The summed E-state index contributed by atoms with van der Waals surface area (Å²) < 4.78 is 6.27. The lowest BCUT2D eigenvalue weighted by molar-refractivity contribution is -0.530. The predicted octanol–water partition coefficient (Wildman–Crippen LogP) is 2.43. The largest absolute Gasteiger partial charge is 0.623 e. The van der Waals surface area contributed by atoms with Gasteiger partial charge in [0.2, 0.25) is 0 Å². The van der Waals surface area contributed by atoms with Crippen LogP contribution in [-0.4, -0.2) is 23.1 Å². The molecule has 0 unspecified atom stereocenters. The number of hydrogen-bond acceptors (Lipinski definition) is 2. The van der Waals surface area contributed by atoms with Crippen molar-refractivity contribution in [1.29, 1.82) is 0 Å². The third kappa shape index (κ3) is 3.84. The number of rotatable bonds is 3. The molecule has 0 N–H and O–H groups in total. The Hall–Kier alpha value is -1.95. The third-order valence-electron chi connectivity index (χ3n) is 2.15. The van der Waals surface area contributed by atoms with Gasteiger partial charge in [0.25, 0.3) is 0 Å². The highest BCUT2D eigenvalue weighted by Gasteiger charge is 2.18. The van der Waals surface area contributed by atoms with Crippen LogP contribution >= 0.6 is 0 Å². The van der Waals surface area contributed by atoms with Crippen molar-refractivity contribution in [3.63, 3.8) is 0 Å². The second kappa shape index (κ2) is 5.40. The van der Waals surface area contributed by atoms with E-state index in [2.05, 4.69) is 5.92 Å². The molecule has 0 aromatic heterocycles. The van der Waals surface area contributed by atoms with E-state index in [1.54, 1.807) is 6.07 Å². The number of hydroxylamine groups is 1. The molecule has 0 spiro atoms. The van der Waals surface area contributed by atoms with Crippen molar-refractivity contribution in [2.24, 2.45) is 0 Å². The SMILES string of the molecule is C#CCOc1ccccc1/C=[N+](\[O-])C(C)(C)C. The van der Waals surface area contributed by atoms with Crippen molar-refractivity contribution in [2.45, 2.75) is 26.3 Å². The van der Waals surface area contributed by atoms with Crippen LogP contribution < -0.4 is 4.74 Å². The Kier molecular flexibility index (Phi) is 4.17. The zero-order chi connectivity index (χ0) is 12.9. The van der Waals surface area contributed by atoms with Crippen LogP contribution in [0.5, 0.6) is 5.75 Å². The van der Waals surface area contributed by atoms with Gasteiger partial charge in [-0.2, -0.15) is 0 Å². The van der Waals surface area contributed by atoms with Gasteiger partial charge < -0.3 is 9.94 Å². The van der Waals surface area contributed by atoms with E-state index < -0.39 is 5.54 Å². The van der Waals surface area contributed by atoms with Gasteiger partial charge in [-0.25, -0.2) is 4.74 Å². The molecule has 0 saturated heterocycles. The zero-order valence-corrected chi connectivity index (χ0v) is 10.4. The maximum atomic E-state index is 11.8. The maximum absolute atomic E-state index is 11.8. The standard InChI is InChI=1S/C14H17NO2/c1-5-10-17-13-9-7-6-8-12(13)11-15(16)14(2,3)4/h1,6-9,11H,10H2,2-4H3/b15-11-. The molecule has 0 radical (unpaired) electrons. The Morgan fingerprint density at radius 1 is 1.41 bits per heavy atom. The average molecular weight is 231 g/mol. The quantitative estimate of drug-likeness (QED) is 0.263. The molecule has 0 fully saturated rings. The molecule has 3 nitrogen and oxygen atoms in total. The lowest BCUT2D eigenvalue weighted by atomic mass is 10.1. The van der Waals surface area contributed by atoms with E-state index in [0.29, 0.717) is 5.75 Å². The molecular formula is C14H17NO2. The van der Waals surface area contributed by atoms with Crippen LogP contribution in [0.25, 0.3) is 0 Å². The maximum Gasteiger partial charge on any atom is 0.186 e. The fourth-order valence-corrected chi connectivity index (χ4v) is 1.16. The summed E-state index contributed by atoms with van der Waals surface area (Å²) >= 11 is 0. The summed E-state index contributed by atoms with van der Waals surface area (Å²) in [6.07, 6.45) is 6.66. The molecule has 0 heterocycles. The molecule has 0 bridgehead atoms. The van der Waals surface area contributed by atoms with Crippen molar-refractivity contribution in [2.75, 3.05) is 6.61 Å². The first-order valence-electron chi connectivity index (χ1n) is 5.42. The summed E-state index contributed by atoms with van der Waals surface area (Å²) in [4.78, 5) is 0. The molecule has 0 amide bonds. The van der Waals surface area contributed by atoms with Gasteiger partial charge >= 0.3 is 0 Å². The third-order valence-corrected chi connectivity index (χ3v) is 2.15. The highest BCUT2D eigenvalue weighted by molar-refractivity contribution is 5.80. The predicted molar refractivity (Wildman–Crippen MR) is 69.3 cm³/mol. The van der Waals surface area contributed by atoms with Gasteiger partial charge in [0.05, 0.1) is 5.56 Å². The molecular weight excluding hydrogens is 214 g/mol.